The molecule has 3 nitrogen and oxygen atoms in total. The molecule has 0 radical (unpaired) electrons. The van der Waals surface area contributed by atoms with Crippen LogP contribution in [0.4, 0.5) is 5.69 Å². The molecule has 0 atom stereocenters. The quantitative estimate of drug-likeness (QED) is 0.741. The van der Waals surface area contributed by atoms with E-state index in [0.717, 1.165) is 28.9 Å². The molecule has 1 N–H and O–H groups in total. The van der Waals surface area contributed by atoms with Crippen LogP contribution in [0.5, 0.6) is 0 Å². The van der Waals surface area contributed by atoms with Gasteiger partial charge in [-0.1, -0.05) is 40.2 Å². The number of hydrogen-bond donors (Lipinski definition) is 1. The first-order chi connectivity index (χ1) is 10.2. The van der Waals surface area contributed by atoms with Crippen molar-refractivity contribution in [3.8, 4) is 0 Å². The Kier molecular flexibility index (Phi) is 3.97. The van der Waals surface area contributed by atoms with Crippen LogP contribution in [-0.2, 0) is 13.1 Å². The van der Waals surface area contributed by atoms with E-state index in [9.17, 15) is 0 Å². The summed E-state index contributed by atoms with van der Waals surface area (Å²) >= 11 is 3.61. The molecule has 0 spiro atoms. The second kappa shape index (κ2) is 5.90. The van der Waals surface area contributed by atoms with Gasteiger partial charge in [0.25, 0.3) is 0 Å². The van der Waals surface area contributed by atoms with Gasteiger partial charge in [-0.15, -0.1) is 0 Å². The van der Waals surface area contributed by atoms with E-state index in [-0.39, 0.29) is 0 Å². The van der Waals surface area contributed by atoms with Crippen LogP contribution in [-0.4, -0.2) is 9.78 Å². The van der Waals surface area contributed by atoms with E-state index < -0.39 is 0 Å². The van der Waals surface area contributed by atoms with Gasteiger partial charge in [-0.25, -0.2) is 0 Å². The van der Waals surface area contributed by atoms with Crippen molar-refractivity contribution in [2.24, 2.45) is 0 Å². The molecule has 3 rings (SSSR count). The van der Waals surface area contributed by atoms with E-state index in [4.69, 9.17) is 0 Å². The second-order valence-electron chi connectivity index (χ2n) is 5.09. The molecule has 0 fully saturated rings. The highest BCUT2D eigenvalue weighted by molar-refractivity contribution is 9.10. The Morgan fingerprint density at radius 2 is 1.90 bits per heavy atom. The summed E-state index contributed by atoms with van der Waals surface area (Å²) < 4.78 is 3.17. The molecule has 1 aromatic heterocycles. The molecule has 3 aromatic rings. The third-order valence-electron chi connectivity index (χ3n) is 3.62. The zero-order valence-corrected chi connectivity index (χ0v) is 13.8. The van der Waals surface area contributed by atoms with E-state index >= 15 is 0 Å². The lowest BCUT2D eigenvalue weighted by atomic mass is 10.1. The maximum atomic E-state index is 4.49. The maximum absolute atomic E-state index is 4.49. The van der Waals surface area contributed by atoms with E-state index in [0.29, 0.717) is 0 Å². The van der Waals surface area contributed by atoms with Crippen LogP contribution in [0.1, 0.15) is 18.3 Å². The second-order valence-corrected chi connectivity index (χ2v) is 5.94. The van der Waals surface area contributed by atoms with Crippen LogP contribution >= 0.6 is 15.9 Å². The topological polar surface area (TPSA) is 29.9 Å². The number of halogens is 1. The molecule has 0 saturated carbocycles. The maximum Gasteiger partial charge on any atom is 0.0597 e. The number of aryl methyl sites for hydroxylation is 2. The van der Waals surface area contributed by atoms with Gasteiger partial charge < -0.3 is 5.32 Å². The van der Waals surface area contributed by atoms with Gasteiger partial charge in [-0.2, -0.15) is 5.10 Å². The first-order valence-corrected chi connectivity index (χ1v) is 7.93. The lowest BCUT2D eigenvalue weighted by Gasteiger charge is -2.11. The van der Waals surface area contributed by atoms with Gasteiger partial charge in [-0.05, 0) is 37.4 Å². The van der Waals surface area contributed by atoms with Gasteiger partial charge in [0.1, 0.15) is 0 Å². The van der Waals surface area contributed by atoms with Gasteiger partial charge >= 0.3 is 0 Å². The SMILES string of the molecule is CCn1nc(C)cc1CNc1ccc(Br)c2ccccc12. The Balaban J connectivity index is 1.90. The summed E-state index contributed by atoms with van der Waals surface area (Å²) in [5.74, 6) is 0. The molecule has 0 amide bonds. The summed E-state index contributed by atoms with van der Waals surface area (Å²) in [6.07, 6.45) is 0. The summed E-state index contributed by atoms with van der Waals surface area (Å²) in [6.45, 7) is 5.82. The molecule has 2 aromatic carbocycles. The largest absolute Gasteiger partial charge is 0.379 e. The Morgan fingerprint density at radius 3 is 2.67 bits per heavy atom. The highest BCUT2D eigenvalue weighted by Gasteiger charge is 2.06. The first-order valence-electron chi connectivity index (χ1n) is 7.13. The van der Waals surface area contributed by atoms with Crippen LogP contribution in [0.15, 0.2) is 46.9 Å². The highest BCUT2D eigenvalue weighted by Crippen LogP contribution is 2.30. The fraction of sp³-hybridized carbons (Fsp3) is 0.235. The summed E-state index contributed by atoms with van der Waals surface area (Å²) in [6, 6.07) is 14.7. The van der Waals surface area contributed by atoms with Crippen molar-refractivity contribution in [1.29, 1.82) is 0 Å². The standard InChI is InChI=1S/C17H18BrN3/c1-3-21-13(10-12(2)20-21)11-19-17-9-8-16(18)14-6-4-5-7-15(14)17/h4-10,19H,3,11H2,1-2H3. The van der Waals surface area contributed by atoms with Gasteiger partial charge in [0.15, 0.2) is 0 Å². The average Bonchev–Trinajstić information content (AvgIpc) is 2.87. The molecule has 1 heterocycles. The molecule has 0 bridgehead atoms. The fourth-order valence-corrected chi connectivity index (χ4v) is 3.10. The number of rotatable bonds is 4. The van der Waals surface area contributed by atoms with Crippen molar-refractivity contribution in [1.82, 2.24) is 9.78 Å². The van der Waals surface area contributed by atoms with Crippen molar-refractivity contribution in [2.75, 3.05) is 5.32 Å². The van der Waals surface area contributed by atoms with Crippen molar-refractivity contribution in [3.05, 3.63) is 58.3 Å². The average molecular weight is 344 g/mol. The number of fused-ring (bicyclic) bond motifs is 1. The zero-order valence-electron chi connectivity index (χ0n) is 12.2. The lowest BCUT2D eigenvalue weighted by Crippen LogP contribution is -2.08. The predicted octanol–water partition coefficient (Wildman–Crippen LogP) is 4.74. The number of anilines is 1. The Hall–Kier alpha value is -1.81. The summed E-state index contributed by atoms with van der Waals surface area (Å²) in [5, 5.41) is 10.5. The van der Waals surface area contributed by atoms with E-state index in [2.05, 4.69) is 75.7 Å². The number of nitrogens with one attached hydrogen (secondary N) is 1. The number of hydrogen-bond acceptors (Lipinski definition) is 2. The Bertz CT molecular complexity index is 777. The monoisotopic (exact) mass is 343 g/mol. The number of nitrogens with zero attached hydrogens (tertiary/aromatic N) is 2. The lowest BCUT2D eigenvalue weighted by molar-refractivity contribution is 0.623. The van der Waals surface area contributed by atoms with Crippen LogP contribution in [0.2, 0.25) is 0 Å². The van der Waals surface area contributed by atoms with Crippen LogP contribution in [0.3, 0.4) is 0 Å². The first kappa shape index (κ1) is 14.1. The van der Waals surface area contributed by atoms with Crippen molar-refractivity contribution in [2.45, 2.75) is 26.9 Å². The van der Waals surface area contributed by atoms with Crippen molar-refractivity contribution >= 4 is 32.4 Å². The minimum absolute atomic E-state index is 0.778. The molecule has 0 saturated heterocycles. The van der Waals surface area contributed by atoms with Crippen molar-refractivity contribution in [3.63, 3.8) is 0 Å². The third kappa shape index (κ3) is 2.81. The highest BCUT2D eigenvalue weighted by atomic mass is 79.9. The summed E-state index contributed by atoms with van der Waals surface area (Å²) in [4.78, 5) is 0. The van der Waals surface area contributed by atoms with E-state index in [1.54, 1.807) is 0 Å². The molecular formula is C17H18BrN3. The third-order valence-corrected chi connectivity index (χ3v) is 4.31. The molecule has 0 aliphatic rings. The van der Waals surface area contributed by atoms with Crippen LogP contribution in [0, 0.1) is 6.92 Å². The summed E-state index contributed by atoms with van der Waals surface area (Å²) in [7, 11) is 0. The van der Waals surface area contributed by atoms with Gasteiger partial charge in [0.05, 0.1) is 17.9 Å². The molecule has 4 heteroatoms. The van der Waals surface area contributed by atoms with Crippen molar-refractivity contribution < 1.29 is 0 Å². The minimum Gasteiger partial charge on any atom is -0.379 e. The van der Waals surface area contributed by atoms with Gasteiger partial charge in [0, 0.05) is 22.1 Å². The molecule has 0 aliphatic heterocycles. The Labute approximate surface area is 133 Å². The van der Waals surface area contributed by atoms with E-state index in [1.807, 2.05) is 11.6 Å². The molecule has 0 aliphatic carbocycles. The normalized spacial score (nSPS) is 11.0. The zero-order chi connectivity index (χ0) is 14.8. The van der Waals surface area contributed by atoms with Crippen LogP contribution in [0.25, 0.3) is 10.8 Å². The van der Waals surface area contributed by atoms with Gasteiger partial charge in [-0.3, -0.25) is 4.68 Å². The summed E-state index contributed by atoms with van der Waals surface area (Å²) in [5.41, 5.74) is 3.42. The number of benzene rings is 2. The number of aromatic nitrogens is 2. The van der Waals surface area contributed by atoms with E-state index in [1.165, 1.54) is 16.5 Å². The van der Waals surface area contributed by atoms with Gasteiger partial charge in [0.2, 0.25) is 0 Å². The molecular weight excluding hydrogens is 326 g/mol. The van der Waals surface area contributed by atoms with Crippen LogP contribution < -0.4 is 5.32 Å². The molecule has 108 valence electrons. The molecule has 0 unspecified atom stereocenters. The fourth-order valence-electron chi connectivity index (χ4n) is 2.62. The Morgan fingerprint density at radius 1 is 1.14 bits per heavy atom. The smallest absolute Gasteiger partial charge is 0.0597 e. The molecule has 21 heavy (non-hydrogen) atoms. The minimum atomic E-state index is 0.778. The predicted molar refractivity (Wildman–Crippen MR) is 91.6 cm³/mol.